The van der Waals surface area contributed by atoms with Gasteiger partial charge in [-0.2, -0.15) is 0 Å². The van der Waals surface area contributed by atoms with Crippen LogP contribution in [0.5, 0.6) is 11.5 Å². The van der Waals surface area contributed by atoms with Crippen molar-refractivity contribution in [3.8, 4) is 23.0 Å². The van der Waals surface area contributed by atoms with Crippen LogP contribution in [0.3, 0.4) is 0 Å². The summed E-state index contributed by atoms with van der Waals surface area (Å²) in [6.07, 6.45) is 0.0304. The SMILES string of the molecule is CCOc1ccccc1OC(=O)Cc1nc(-c2ccccc2)oc1C. The van der Waals surface area contributed by atoms with E-state index in [4.69, 9.17) is 13.9 Å². The number of ether oxygens (including phenoxy) is 2. The second-order valence-corrected chi connectivity index (χ2v) is 5.42. The van der Waals surface area contributed by atoms with E-state index in [9.17, 15) is 4.79 Å². The maximum absolute atomic E-state index is 12.3. The van der Waals surface area contributed by atoms with Crippen LogP contribution in [0.15, 0.2) is 59.0 Å². The van der Waals surface area contributed by atoms with Crippen LogP contribution in [-0.4, -0.2) is 17.6 Å². The number of para-hydroxylation sites is 2. The molecule has 0 saturated heterocycles. The minimum Gasteiger partial charge on any atom is -0.490 e. The number of rotatable bonds is 6. The first kappa shape index (κ1) is 16.8. The minimum atomic E-state index is -0.414. The van der Waals surface area contributed by atoms with Crippen LogP contribution in [-0.2, 0) is 11.2 Å². The van der Waals surface area contributed by atoms with E-state index in [2.05, 4.69) is 4.98 Å². The molecule has 1 aromatic heterocycles. The molecule has 0 unspecified atom stereocenters. The predicted octanol–water partition coefficient (Wildman–Crippen LogP) is 4.20. The zero-order chi connectivity index (χ0) is 17.6. The van der Waals surface area contributed by atoms with E-state index < -0.39 is 5.97 Å². The Bertz CT molecular complexity index is 855. The smallest absolute Gasteiger partial charge is 0.317 e. The number of hydrogen-bond acceptors (Lipinski definition) is 5. The second-order valence-electron chi connectivity index (χ2n) is 5.42. The molecule has 5 heteroatoms. The molecule has 0 N–H and O–H groups in total. The Kier molecular flexibility index (Phi) is 5.14. The highest BCUT2D eigenvalue weighted by Gasteiger charge is 2.17. The largest absolute Gasteiger partial charge is 0.490 e. The zero-order valence-electron chi connectivity index (χ0n) is 14.2. The number of benzene rings is 2. The van der Waals surface area contributed by atoms with Crippen LogP contribution in [0.4, 0.5) is 0 Å². The Labute approximate surface area is 146 Å². The third-order valence-electron chi connectivity index (χ3n) is 3.60. The number of aryl methyl sites for hydroxylation is 1. The van der Waals surface area contributed by atoms with Gasteiger partial charge in [-0.1, -0.05) is 30.3 Å². The molecular formula is C20H19NO4. The molecule has 0 spiro atoms. The quantitative estimate of drug-likeness (QED) is 0.498. The number of aromatic nitrogens is 1. The average Bonchev–Trinajstić information content (AvgIpc) is 2.98. The number of carbonyl (C=O) groups is 1. The summed E-state index contributed by atoms with van der Waals surface area (Å²) in [4.78, 5) is 16.7. The minimum absolute atomic E-state index is 0.0304. The normalized spacial score (nSPS) is 10.5. The summed E-state index contributed by atoms with van der Waals surface area (Å²) in [5.41, 5.74) is 1.43. The molecule has 0 aliphatic heterocycles. The third kappa shape index (κ3) is 4.07. The fourth-order valence-corrected chi connectivity index (χ4v) is 2.40. The maximum atomic E-state index is 12.3. The Balaban J connectivity index is 1.73. The van der Waals surface area contributed by atoms with Gasteiger partial charge in [-0.05, 0) is 38.1 Å². The molecule has 0 aliphatic carbocycles. The fraction of sp³-hybridized carbons (Fsp3) is 0.200. The zero-order valence-corrected chi connectivity index (χ0v) is 14.2. The number of oxazole rings is 1. The first-order valence-corrected chi connectivity index (χ1v) is 8.11. The lowest BCUT2D eigenvalue weighted by Crippen LogP contribution is -2.13. The number of carbonyl (C=O) groups excluding carboxylic acids is 1. The van der Waals surface area contributed by atoms with E-state index in [1.807, 2.05) is 43.3 Å². The molecule has 25 heavy (non-hydrogen) atoms. The molecule has 1 heterocycles. The van der Waals surface area contributed by atoms with Crippen molar-refractivity contribution in [1.82, 2.24) is 4.98 Å². The first-order chi connectivity index (χ1) is 12.2. The highest BCUT2D eigenvalue weighted by Crippen LogP contribution is 2.27. The molecule has 0 aliphatic rings. The molecule has 2 aromatic carbocycles. The lowest BCUT2D eigenvalue weighted by molar-refractivity contribution is -0.133. The molecule has 0 amide bonds. The lowest BCUT2D eigenvalue weighted by atomic mass is 10.2. The molecule has 3 rings (SSSR count). The maximum Gasteiger partial charge on any atom is 0.317 e. The summed E-state index contributed by atoms with van der Waals surface area (Å²) in [6.45, 7) is 4.16. The van der Waals surface area contributed by atoms with Gasteiger partial charge in [-0.3, -0.25) is 4.79 Å². The summed E-state index contributed by atoms with van der Waals surface area (Å²) in [7, 11) is 0. The molecule has 0 atom stereocenters. The van der Waals surface area contributed by atoms with Gasteiger partial charge in [0.15, 0.2) is 11.5 Å². The van der Waals surface area contributed by atoms with Crippen molar-refractivity contribution in [3.05, 3.63) is 66.1 Å². The van der Waals surface area contributed by atoms with Crippen LogP contribution >= 0.6 is 0 Å². The number of esters is 1. The highest BCUT2D eigenvalue weighted by molar-refractivity contribution is 5.76. The van der Waals surface area contributed by atoms with E-state index in [-0.39, 0.29) is 6.42 Å². The molecule has 3 aromatic rings. The summed E-state index contributed by atoms with van der Waals surface area (Å²) < 4.78 is 16.6. The monoisotopic (exact) mass is 337 g/mol. The van der Waals surface area contributed by atoms with Crippen molar-refractivity contribution in [2.75, 3.05) is 6.61 Å². The summed E-state index contributed by atoms with van der Waals surface area (Å²) in [5, 5.41) is 0. The summed E-state index contributed by atoms with van der Waals surface area (Å²) >= 11 is 0. The molecule has 0 bridgehead atoms. The van der Waals surface area contributed by atoms with Crippen LogP contribution in [0.1, 0.15) is 18.4 Å². The van der Waals surface area contributed by atoms with Gasteiger partial charge in [0, 0.05) is 5.56 Å². The van der Waals surface area contributed by atoms with Gasteiger partial charge >= 0.3 is 5.97 Å². The van der Waals surface area contributed by atoms with Crippen molar-refractivity contribution >= 4 is 5.97 Å². The summed E-state index contributed by atoms with van der Waals surface area (Å²) in [5.74, 6) is 1.63. The molecule has 0 fully saturated rings. The predicted molar refractivity (Wildman–Crippen MR) is 93.6 cm³/mol. The van der Waals surface area contributed by atoms with Crippen LogP contribution in [0.25, 0.3) is 11.5 Å². The number of hydrogen-bond donors (Lipinski definition) is 0. The van der Waals surface area contributed by atoms with Crippen LogP contribution < -0.4 is 9.47 Å². The van der Waals surface area contributed by atoms with Gasteiger partial charge in [0.2, 0.25) is 5.89 Å². The van der Waals surface area contributed by atoms with E-state index in [0.717, 1.165) is 5.56 Å². The van der Waals surface area contributed by atoms with Gasteiger partial charge in [0.25, 0.3) is 0 Å². The van der Waals surface area contributed by atoms with Crippen molar-refractivity contribution in [2.45, 2.75) is 20.3 Å². The van der Waals surface area contributed by atoms with Crippen molar-refractivity contribution in [3.63, 3.8) is 0 Å². The van der Waals surface area contributed by atoms with Crippen LogP contribution in [0, 0.1) is 6.92 Å². The summed E-state index contributed by atoms with van der Waals surface area (Å²) in [6, 6.07) is 16.6. The Hall–Kier alpha value is -3.08. The highest BCUT2D eigenvalue weighted by atomic mass is 16.6. The Morgan fingerprint density at radius 1 is 1.04 bits per heavy atom. The van der Waals surface area contributed by atoms with Crippen LogP contribution in [0.2, 0.25) is 0 Å². The van der Waals surface area contributed by atoms with Crippen molar-refractivity contribution < 1.29 is 18.7 Å². The topological polar surface area (TPSA) is 61.6 Å². The standard InChI is InChI=1S/C20H19NO4/c1-3-23-17-11-7-8-12-18(17)25-19(22)13-16-14(2)24-20(21-16)15-9-5-4-6-10-15/h4-12H,3,13H2,1-2H3. The van der Waals surface area contributed by atoms with Gasteiger partial charge in [0.05, 0.1) is 18.7 Å². The van der Waals surface area contributed by atoms with Crippen molar-refractivity contribution in [2.24, 2.45) is 0 Å². The van der Waals surface area contributed by atoms with Gasteiger partial charge in [-0.15, -0.1) is 0 Å². The Morgan fingerprint density at radius 2 is 1.72 bits per heavy atom. The fourth-order valence-electron chi connectivity index (χ4n) is 2.40. The van der Waals surface area contributed by atoms with Crippen molar-refractivity contribution in [1.29, 1.82) is 0 Å². The van der Waals surface area contributed by atoms with E-state index in [1.54, 1.807) is 25.1 Å². The van der Waals surface area contributed by atoms with E-state index >= 15 is 0 Å². The number of nitrogens with zero attached hydrogens (tertiary/aromatic N) is 1. The third-order valence-corrected chi connectivity index (χ3v) is 3.60. The lowest BCUT2D eigenvalue weighted by Gasteiger charge is -2.09. The molecule has 128 valence electrons. The van der Waals surface area contributed by atoms with Gasteiger partial charge in [0.1, 0.15) is 5.76 Å². The first-order valence-electron chi connectivity index (χ1n) is 8.11. The van der Waals surface area contributed by atoms with E-state index in [1.165, 1.54) is 0 Å². The molecule has 0 saturated carbocycles. The molecule has 5 nitrogen and oxygen atoms in total. The average molecular weight is 337 g/mol. The van der Waals surface area contributed by atoms with Gasteiger partial charge < -0.3 is 13.9 Å². The Morgan fingerprint density at radius 3 is 2.44 bits per heavy atom. The van der Waals surface area contributed by atoms with E-state index in [0.29, 0.717) is 35.5 Å². The second kappa shape index (κ2) is 7.66. The molecule has 0 radical (unpaired) electrons. The van der Waals surface area contributed by atoms with Gasteiger partial charge in [-0.25, -0.2) is 4.98 Å². The molecular weight excluding hydrogens is 318 g/mol.